The molecule has 1 aliphatic carbocycles. The van der Waals surface area contributed by atoms with Crippen LogP contribution in [0.4, 0.5) is 0 Å². The number of hydrogen-bond acceptors (Lipinski definition) is 4. The van der Waals surface area contributed by atoms with Crippen LogP contribution in [0, 0.1) is 0 Å². The van der Waals surface area contributed by atoms with E-state index in [9.17, 15) is 9.59 Å². The maximum Gasteiger partial charge on any atom is 0.334 e. The van der Waals surface area contributed by atoms with Gasteiger partial charge in [-0.05, 0) is 68.1 Å². The number of nitrogens with zero attached hydrogens (tertiary/aromatic N) is 3. The molecule has 6 nitrogen and oxygen atoms in total. The molecule has 3 heterocycles. The second kappa shape index (κ2) is 8.37. The smallest absolute Gasteiger partial charge is 0.334 e. The second-order valence-electron chi connectivity index (χ2n) is 8.77. The summed E-state index contributed by atoms with van der Waals surface area (Å²) >= 11 is 1.59. The summed E-state index contributed by atoms with van der Waals surface area (Å²) < 4.78 is 3.45. The third-order valence-corrected chi connectivity index (χ3v) is 8.07. The number of rotatable bonds is 5. The van der Waals surface area contributed by atoms with E-state index in [1.807, 2.05) is 25.2 Å². The minimum atomic E-state index is -0.362. The molecular formula is C25H30N4O2S. The molecule has 0 fully saturated rings. The molecule has 5 rings (SSSR count). The number of thiophene rings is 1. The monoisotopic (exact) mass is 450 g/mol. The number of aromatic nitrogens is 3. The van der Waals surface area contributed by atoms with E-state index < -0.39 is 0 Å². The number of hydrogen-bond donors (Lipinski definition) is 1. The summed E-state index contributed by atoms with van der Waals surface area (Å²) in [5, 5.41) is 1.80. The Hall–Kier alpha value is -2.64. The van der Waals surface area contributed by atoms with Gasteiger partial charge in [-0.3, -0.25) is 14.7 Å². The third kappa shape index (κ3) is 3.44. The van der Waals surface area contributed by atoms with Crippen molar-refractivity contribution in [3.05, 3.63) is 61.2 Å². The van der Waals surface area contributed by atoms with Gasteiger partial charge in [-0.1, -0.05) is 20.3 Å². The number of benzene rings is 1. The van der Waals surface area contributed by atoms with Gasteiger partial charge in [0.1, 0.15) is 4.83 Å². The topological polar surface area (TPSA) is 63.0 Å². The number of aromatic amines is 1. The highest BCUT2D eigenvalue weighted by Crippen LogP contribution is 2.32. The molecule has 0 saturated carbocycles. The molecule has 1 aromatic carbocycles. The van der Waals surface area contributed by atoms with Crippen LogP contribution in [-0.4, -0.2) is 32.1 Å². The van der Waals surface area contributed by atoms with E-state index in [0.717, 1.165) is 66.6 Å². The Balaban J connectivity index is 1.70. The SMILES string of the molecule is CCN(CC)Cc1cn(C)c2ccc(-n3c(=O)[nH]c4sc5c(c4c3=O)CCCCC5)cc12. The van der Waals surface area contributed by atoms with Crippen LogP contribution in [0.15, 0.2) is 34.0 Å². The van der Waals surface area contributed by atoms with E-state index in [1.165, 1.54) is 21.4 Å². The van der Waals surface area contributed by atoms with E-state index in [-0.39, 0.29) is 11.2 Å². The summed E-state index contributed by atoms with van der Waals surface area (Å²) in [6.07, 6.45) is 7.52. The first-order valence-corrected chi connectivity index (χ1v) is 12.4. The van der Waals surface area contributed by atoms with Crippen molar-refractivity contribution in [3.8, 4) is 5.69 Å². The Bertz CT molecular complexity index is 1420. The lowest BCUT2D eigenvalue weighted by Gasteiger charge is -2.17. The molecule has 1 N–H and O–H groups in total. The number of aryl methyl sites for hydroxylation is 3. The molecule has 0 spiro atoms. The molecule has 0 radical (unpaired) electrons. The van der Waals surface area contributed by atoms with E-state index >= 15 is 0 Å². The van der Waals surface area contributed by atoms with E-state index in [1.54, 1.807) is 11.3 Å². The lowest BCUT2D eigenvalue weighted by atomic mass is 10.1. The Kier molecular flexibility index (Phi) is 5.55. The lowest BCUT2D eigenvalue weighted by Crippen LogP contribution is -2.33. The third-order valence-electron chi connectivity index (χ3n) is 6.86. The van der Waals surface area contributed by atoms with Gasteiger partial charge >= 0.3 is 5.69 Å². The molecule has 0 amide bonds. The van der Waals surface area contributed by atoms with Gasteiger partial charge in [0.05, 0.1) is 11.1 Å². The first-order valence-electron chi connectivity index (χ1n) is 11.6. The standard InChI is InChI=1S/C25H30N4O2S/c1-4-28(5-2)15-16-14-27(3)20-12-11-17(13-19(16)20)29-24(30)22-18-9-7-6-8-10-21(18)32-23(22)26-25(29)31/h11-14H,4-10,15H2,1-3H3,(H,26,31). The van der Waals surface area contributed by atoms with Crippen LogP contribution in [0.5, 0.6) is 0 Å². The van der Waals surface area contributed by atoms with Crippen molar-refractivity contribution in [1.29, 1.82) is 0 Å². The normalized spacial score (nSPS) is 14.4. The minimum absolute atomic E-state index is 0.191. The van der Waals surface area contributed by atoms with Crippen molar-refractivity contribution in [3.63, 3.8) is 0 Å². The Morgan fingerprint density at radius 2 is 1.88 bits per heavy atom. The molecule has 168 valence electrons. The molecular weight excluding hydrogens is 420 g/mol. The highest BCUT2D eigenvalue weighted by molar-refractivity contribution is 7.18. The van der Waals surface area contributed by atoms with Gasteiger partial charge in [0.2, 0.25) is 0 Å². The van der Waals surface area contributed by atoms with Crippen molar-refractivity contribution >= 4 is 32.5 Å². The number of fused-ring (bicyclic) bond motifs is 4. The molecule has 0 unspecified atom stereocenters. The van der Waals surface area contributed by atoms with Crippen LogP contribution < -0.4 is 11.2 Å². The highest BCUT2D eigenvalue weighted by atomic mass is 32.1. The summed E-state index contributed by atoms with van der Waals surface area (Å²) in [5.74, 6) is 0. The first kappa shape index (κ1) is 21.2. The van der Waals surface area contributed by atoms with Gasteiger partial charge in [-0.15, -0.1) is 11.3 Å². The van der Waals surface area contributed by atoms with Crippen molar-refractivity contribution in [2.24, 2.45) is 7.05 Å². The summed E-state index contributed by atoms with van der Waals surface area (Å²) in [5.41, 5.74) is 3.55. The summed E-state index contributed by atoms with van der Waals surface area (Å²) in [6.45, 7) is 7.13. The van der Waals surface area contributed by atoms with Crippen LogP contribution in [0.1, 0.15) is 49.1 Å². The van der Waals surface area contributed by atoms with Gasteiger partial charge in [0, 0.05) is 35.6 Å². The van der Waals surface area contributed by atoms with Crippen LogP contribution in [-0.2, 0) is 26.4 Å². The Morgan fingerprint density at radius 3 is 2.66 bits per heavy atom. The zero-order valence-corrected chi connectivity index (χ0v) is 19.8. The second-order valence-corrected chi connectivity index (χ2v) is 9.87. The molecule has 0 bridgehead atoms. The fourth-order valence-corrected chi connectivity index (χ4v) is 6.33. The van der Waals surface area contributed by atoms with Gasteiger partial charge in [0.25, 0.3) is 5.56 Å². The maximum atomic E-state index is 13.6. The quantitative estimate of drug-likeness (QED) is 0.460. The Morgan fingerprint density at radius 1 is 1.09 bits per heavy atom. The molecule has 7 heteroatoms. The van der Waals surface area contributed by atoms with Gasteiger partial charge < -0.3 is 4.57 Å². The predicted octanol–water partition coefficient (Wildman–Crippen LogP) is 4.34. The molecule has 32 heavy (non-hydrogen) atoms. The molecule has 1 aliphatic rings. The van der Waals surface area contributed by atoms with Crippen molar-refractivity contribution in [2.45, 2.75) is 52.5 Å². The largest absolute Gasteiger partial charge is 0.350 e. The molecule has 0 atom stereocenters. The van der Waals surface area contributed by atoms with Crippen LogP contribution >= 0.6 is 11.3 Å². The van der Waals surface area contributed by atoms with Crippen molar-refractivity contribution in [2.75, 3.05) is 13.1 Å². The number of nitrogens with one attached hydrogen (secondary N) is 1. The van der Waals surface area contributed by atoms with E-state index in [4.69, 9.17) is 0 Å². The number of H-pyrrole nitrogens is 1. The summed E-state index contributed by atoms with van der Waals surface area (Å²) in [7, 11) is 2.04. The molecule has 4 aromatic rings. The zero-order valence-electron chi connectivity index (χ0n) is 19.0. The maximum absolute atomic E-state index is 13.6. The van der Waals surface area contributed by atoms with Crippen LogP contribution in [0.3, 0.4) is 0 Å². The van der Waals surface area contributed by atoms with Crippen molar-refractivity contribution < 1.29 is 0 Å². The fourth-order valence-electron chi connectivity index (χ4n) is 5.06. The van der Waals surface area contributed by atoms with Gasteiger partial charge in [-0.25, -0.2) is 9.36 Å². The minimum Gasteiger partial charge on any atom is -0.350 e. The zero-order chi connectivity index (χ0) is 22.4. The highest BCUT2D eigenvalue weighted by Gasteiger charge is 2.21. The molecule has 0 aliphatic heterocycles. The molecule has 3 aromatic heterocycles. The lowest BCUT2D eigenvalue weighted by molar-refractivity contribution is 0.297. The fraction of sp³-hybridized carbons (Fsp3) is 0.440. The summed E-state index contributed by atoms with van der Waals surface area (Å²) in [4.78, 5) is 34.0. The van der Waals surface area contributed by atoms with E-state index in [0.29, 0.717) is 11.1 Å². The first-order chi connectivity index (χ1) is 15.5. The molecule has 0 saturated heterocycles. The average Bonchev–Trinajstić information content (AvgIpc) is 3.18. The summed E-state index contributed by atoms with van der Waals surface area (Å²) in [6, 6.07) is 5.90. The predicted molar refractivity (Wildman–Crippen MR) is 132 cm³/mol. The van der Waals surface area contributed by atoms with Crippen LogP contribution in [0.2, 0.25) is 0 Å². The van der Waals surface area contributed by atoms with Gasteiger partial charge in [0.15, 0.2) is 0 Å². The Labute approximate surface area is 191 Å². The van der Waals surface area contributed by atoms with Crippen molar-refractivity contribution in [1.82, 2.24) is 19.0 Å². The van der Waals surface area contributed by atoms with E-state index in [2.05, 4.69) is 34.5 Å². The van der Waals surface area contributed by atoms with Gasteiger partial charge in [-0.2, -0.15) is 0 Å². The average molecular weight is 451 g/mol. The van der Waals surface area contributed by atoms with Crippen LogP contribution in [0.25, 0.3) is 26.8 Å².